The van der Waals surface area contributed by atoms with Gasteiger partial charge >= 0.3 is 0 Å². The molecule has 3 heterocycles. The number of amides is 1. The second kappa shape index (κ2) is 9.14. The first-order valence-electron chi connectivity index (χ1n) is 11.3. The van der Waals surface area contributed by atoms with E-state index in [2.05, 4.69) is 10.2 Å². The normalized spacial score (nSPS) is 14.7. The summed E-state index contributed by atoms with van der Waals surface area (Å²) in [5.41, 5.74) is 2.77. The molecule has 37 heavy (non-hydrogen) atoms. The summed E-state index contributed by atoms with van der Waals surface area (Å²) in [7, 11) is 1.51. The van der Waals surface area contributed by atoms with Crippen LogP contribution in [0.15, 0.2) is 81.5 Å². The first kappa shape index (κ1) is 22.9. The summed E-state index contributed by atoms with van der Waals surface area (Å²) in [6.45, 7) is 0.333. The van der Waals surface area contributed by atoms with Crippen LogP contribution in [-0.4, -0.2) is 23.2 Å². The molecule has 0 radical (unpaired) electrons. The van der Waals surface area contributed by atoms with Gasteiger partial charge in [0.1, 0.15) is 23.5 Å². The molecule has 1 amide bonds. The summed E-state index contributed by atoms with van der Waals surface area (Å²) in [5, 5.41) is 8.25. The Morgan fingerprint density at radius 2 is 1.89 bits per heavy atom. The molecule has 0 spiro atoms. The third-order valence-electron chi connectivity index (χ3n) is 6.13. The molecular formula is C27H18FN3O5S. The van der Waals surface area contributed by atoms with Gasteiger partial charge in [-0.15, -0.1) is 10.2 Å². The van der Waals surface area contributed by atoms with Gasteiger partial charge in [-0.25, -0.2) is 4.39 Å². The smallest absolute Gasteiger partial charge is 0.297 e. The first-order valence-corrected chi connectivity index (χ1v) is 12.1. The van der Waals surface area contributed by atoms with Gasteiger partial charge in [0.15, 0.2) is 16.9 Å². The average molecular weight is 516 g/mol. The van der Waals surface area contributed by atoms with Crippen molar-refractivity contribution in [2.75, 3.05) is 12.0 Å². The third kappa shape index (κ3) is 3.91. The van der Waals surface area contributed by atoms with Crippen molar-refractivity contribution < 1.29 is 23.1 Å². The lowest BCUT2D eigenvalue weighted by atomic mass is 9.98. The molecule has 0 fully saturated rings. The number of carbonyl (C=O) groups is 1. The predicted molar refractivity (Wildman–Crippen MR) is 135 cm³/mol. The molecule has 10 heteroatoms. The van der Waals surface area contributed by atoms with Crippen LogP contribution in [0, 0.1) is 5.82 Å². The molecule has 0 saturated carbocycles. The summed E-state index contributed by atoms with van der Waals surface area (Å²) >= 11 is 1.15. The lowest BCUT2D eigenvalue weighted by Crippen LogP contribution is -2.29. The molecule has 0 N–H and O–H groups in total. The van der Waals surface area contributed by atoms with E-state index in [0.29, 0.717) is 28.8 Å². The molecule has 0 bridgehead atoms. The van der Waals surface area contributed by atoms with Crippen molar-refractivity contribution >= 4 is 33.3 Å². The van der Waals surface area contributed by atoms with Crippen LogP contribution in [0.4, 0.5) is 9.52 Å². The van der Waals surface area contributed by atoms with E-state index in [0.717, 1.165) is 23.0 Å². The van der Waals surface area contributed by atoms with E-state index in [1.165, 1.54) is 29.7 Å². The standard InChI is InChI=1S/C27H18FN3O5S/c1-34-21-11-16(7-9-20(21)35-13-15-5-3-2-4-6-15)23-22-24(32)18-12-17(28)8-10-19(18)36-25(22)26(33)31(23)27-30-29-14-37-27/h2-12,14,23H,13H2,1H3. The van der Waals surface area contributed by atoms with Gasteiger partial charge in [-0.1, -0.05) is 47.7 Å². The molecule has 0 saturated heterocycles. The molecule has 1 unspecified atom stereocenters. The van der Waals surface area contributed by atoms with Gasteiger partial charge < -0.3 is 13.9 Å². The lowest BCUT2D eigenvalue weighted by Gasteiger charge is -2.23. The molecule has 0 aliphatic carbocycles. The van der Waals surface area contributed by atoms with Crippen molar-refractivity contribution in [1.29, 1.82) is 0 Å². The van der Waals surface area contributed by atoms with Gasteiger partial charge in [-0.3, -0.25) is 14.5 Å². The maximum atomic E-state index is 14.0. The number of fused-ring (bicyclic) bond motifs is 2. The van der Waals surface area contributed by atoms with Gasteiger partial charge in [-0.05, 0) is 41.5 Å². The van der Waals surface area contributed by atoms with Crippen molar-refractivity contribution in [3.8, 4) is 11.5 Å². The number of rotatable bonds is 6. The Balaban J connectivity index is 1.48. The number of halogens is 1. The molecule has 1 atom stereocenters. The van der Waals surface area contributed by atoms with Crippen LogP contribution >= 0.6 is 11.3 Å². The van der Waals surface area contributed by atoms with Gasteiger partial charge in [0, 0.05) is 0 Å². The Morgan fingerprint density at radius 1 is 1.05 bits per heavy atom. The van der Waals surface area contributed by atoms with Gasteiger partial charge in [-0.2, -0.15) is 0 Å². The number of ether oxygens (including phenoxy) is 2. The van der Waals surface area contributed by atoms with E-state index in [9.17, 15) is 14.0 Å². The van der Waals surface area contributed by atoms with Gasteiger partial charge in [0.2, 0.25) is 10.9 Å². The number of aromatic nitrogens is 2. The van der Waals surface area contributed by atoms with E-state index in [1.807, 2.05) is 30.3 Å². The van der Waals surface area contributed by atoms with Crippen LogP contribution in [-0.2, 0) is 6.61 Å². The highest BCUT2D eigenvalue weighted by Crippen LogP contribution is 2.43. The van der Waals surface area contributed by atoms with Crippen molar-refractivity contribution in [1.82, 2.24) is 10.2 Å². The van der Waals surface area contributed by atoms with Crippen molar-refractivity contribution in [2.24, 2.45) is 0 Å². The fourth-order valence-electron chi connectivity index (χ4n) is 4.44. The second-order valence-electron chi connectivity index (χ2n) is 8.30. The lowest BCUT2D eigenvalue weighted by molar-refractivity contribution is 0.0970. The minimum atomic E-state index is -0.892. The van der Waals surface area contributed by atoms with E-state index in [1.54, 1.807) is 18.2 Å². The van der Waals surface area contributed by atoms with Crippen LogP contribution in [0.5, 0.6) is 11.5 Å². The molecule has 6 rings (SSSR count). The summed E-state index contributed by atoms with van der Waals surface area (Å²) in [6, 6.07) is 17.6. The minimum Gasteiger partial charge on any atom is -0.493 e. The zero-order valence-corrected chi connectivity index (χ0v) is 20.2. The zero-order valence-electron chi connectivity index (χ0n) is 19.4. The van der Waals surface area contributed by atoms with Gasteiger partial charge in [0.05, 0.1) is 24.1 Å². The summed E-state index contributed by atoms with van der Waals surface area (Å²) < 4.78 is 31.4. The topological polar surface area (TPSA) is 94.8 Å². The predicted octanol–water partition coefficient (Wildman–Crippen LogP) is 5.12. The molecule has 5 aromatic rings. The molecule has 1 aliphatic heterocycles. The highest BCUT2D eigenvalue weighted by atomic mass is 32.1. The molecule has 184 valence electrons. The fraction of sp³-hybridized carbons (Fsp3) is 0.111. The average Bonchev–Trinajstić information content (AvgIpc) is 3.55. The fourth-order valence-corrected chi connectivity index (χ4v) is 5.02. The van der Waals surface area contributed by atoms with Crippen molar-refractivity contribution in [2.45, 2.75) is 12.6 Å². The Kier molecular flexibility index (Phi) is 5.65. The highest BCUT2D eigenvalue weighted by Gasteiger charge is 2.45. The number of anilines is 1. The molecule has 8 nitrogen and oxygen atoms in total. The number of hydrogen-bond acceptors (Lipinski definition) is 8. The van der Waals surface area contributed by atoms with E-state index in [4.69, 9.17) is 13.9 Å². The SMILES string of the molecule is COc1cc(C2c3c(oc4ccc(F)cc4c3=O)C(=O)N2c2nncs2)ccc1OCc1ccccc1. The Labute approximate surface area is 213 Å². The van der Waals surface area contributed by atoms with E-state index < -0.39 is 23.2 Å². The van der Waals surface area contributed by atoms with Crippen molar-refractivity contribution in [3.63, 3.8) is 0 Å². The van der Waals surface area contributed by atoms with E-state index >= 15 is 0 Å². The minimum absolute atomic E-state index is 0.0467. The number of hydrogen-bond donors (Lipinski definition) is 0. The van der Waals surface area contributed by atoms with Crippen LogP contribution < -0.4 is 19.8 Å². The number of carbonyl (C=O) groups excluding carboxylic acids is 1. The third-order valence-corrected chi connectivity index (χ3v) is 6.82. The van der Waals surface area contributed by atoms with Crippen molar-refractivity contribution in [3.05, 3.63) is 111 Å². The molecule has 2 aromatic heterocycles. The Hall–Kier alpha value is -4.57. The highest BCUT2D eigenvalue weighted by molar-refractivity contribution is 7.13. The number of benzene rings is 3. The number of methoxy groups -OCH3 is 1. The quantitative estimate of drug-likeness (QED) is 0.310. The maximum absolute atomic E-state index is 14.0. The van der Waals surface area contributed by atoms with Gasteiger partial charge in [0.25, 0.3) is 5.91 Å². The van der Waals surface area contributed by atoms with E-state index in [-0.39, 0.29) is 22.3 Å². The molecule has 3 aromatic carbocycles. The monoisotopic (exact) mass is 515 g/mol. The van der Waals surface area contributed by atoms with Crippen LogP contribution in [0.2, 0.25) is 0 Å². The maximum Gasteiger partial charge on any atom is 0.297 e. The largest absolute Gasteiger partial charge is 0.493 e. The summed E-state index contributed by atoms with van der Waals surface area (Å²) in [5.74, 6) is -0.322. The molecular weight excluding hydrogens is 497 g/mol. The Morgan fingerprint density at radius 3 is 2.65 bits per heavy atom. The summed E-state index contributed by atoms with van der Waals surface area (Å²) in [6.07, 6.45) is 0. The summed E-state index contributed by atoms with van der Waals surface area (Å²) in [4.78, 5) is 28.5. The first-order chi connectivity index (χ1) is 18.0. The van der Waals surface area contributed by atoms with Crippen LogP contribution in [0.1, 0.15) is 33.3 Å². The van der Waals surface area contributed by atoms with Crippen LogP contribution in [0.25, 0.3) is 11.0 Å². The zero-order chi connectivity index (χ0) is 25.5. The molecule has 1 aliphatic rings. The number of nitrogens with zero attached hydrogens (tertiary/aromatic N) is 3. The second-order valence-corrected chi connectivity index (χ2v) is 9.11. The Bertz CT molecular complexity index is 1690. The van der Waals surface area contributed by atoms with Crippen LogP contribution in [0.3, 0.4) is 0 Å².